The van der Waals surface area contributed by atoms with Crippen LogP contribution in [0.4, 0.5) is 0 Å². The van der Waals surface area contributed by atoms with Crippen LogP contribution >= 0.6 is 0 Å². The van der Waals surface area contributed by atoms with Crippen LogP contribution in [0, 0.1) is 0 Å². The standard InChI is InChI=1S/C47H29N3O/c1-3-12-32(13-4-1)40-28-38(29-42-44(40)43-39-18-10-9-14-33(39)25-26-41(43)51-42)47-49-45(34-15-5-2-6-16-34)48-46(50-47)35-22-19-31(20-23-35)37-24-21-30-11-7-8-17-36(30)27-37/h1-29H. The van der Waals surface area contributed by atoms with Crippen molar-refractivity contribution in [2.75, 3.05) is 0 Å². The van der Waals surface area contributed by atoms with Gasteiger partial charge in [0.1, 0.15) is 11.2 Å². The number of fused-ring (bicyclic) bond motifs is 6. The number of rotatable bonds is 5. The lowest BCUT2D eigenvalue weighted by Gasteiger charge is -2.11. The van der Waals surface area contributed by atoms with Crippen LogP contribution in [0.1, 0.15) is 0 Å². The maximum Gasteiger partial charge on any atom is 0.164 e. The highest BCUT2D eigenvalue weighted by Gasteiger charge is 2.20. The molecule has 238 valence electrons. The molecule has 0 fully saturated rings. The van der Waals surface area contributed by atoms with E-state index in [1.54, 1.807) is 0 Å². The summed E-state index contributed by atoms with van der Waals surface area (Å²) in [6, 6.07) is 61.0. The zero-order valence-electron chi connectivity index (χ0n) is 27.5. The summed E-state index contributed by atoms with van der Waals surface area (Å²) >= 11 is 0. The van der Waals surface area contributed by atoms with Gasteiger partial charge >= 0.3 is 0 Å². The van der Waals surface area contributed by atoms with Crippen molar-refractivity contribution in [1.29, 1.82) is 0 Å². The summed E-state index contributed by atoms with van der Waals surface area (Å²) < 4.78 is 6.63. The summed E-state index contributed by atoms with van der Waals surface area (Å²) in [7, 11) is 0. The van der Waals surface area contributed by atoms with Crippen molar-refractivity contribution in [3.8, 4) is 56.4 Å². The molecule has 10 rings (SSSR count). The quantitative estimate of drug-likeness (QED) is 0.186. The molecule has 0 spiro atoms. The third kappa shape index (κ3) is 5.13. The Bertz CT molecular complexity index is 2900. The van der Waals surface area contributed by atoms with Crippen molar-refractivity contribution >= 4 is 43.5 Å². The topological polar surface area (TPSA) is 51.8 Å². The van der Waals surface area contributed by atoms with Crippen molar-refractivity contribution in [1.82, 2.24) is 15.0 Å². The van der Waals surface area contributed by atoms with Crippen molar-refractivity contribution in [2.24, 2.45) is 0 Å². The van der Waals surface area contributed by atoms with E-state index in [9.17, 15) is 0 Å². The Morgan fingerprint density at radius 1 is 0.314 bits per heavy atom. The second-order valence-corrected chi connectivity index (χ2v) is 12.8. The number of hydrogen-bond acceptors (Lipinski definition) is 4. The number of hydrogen-bond donors (Lipinski definition) is 0. The minimum atomic E-state index is 0.585. The third-order valence-electron chi connectivity index (χ3n) is 9.70. The molecular formula is C47H29N3O. The molecule has 4 heteroatoms. The first-order valence-corrected chi connectivity index (χ1v) is 17.1. The van der Waals surface area contributed by atoms with E-state index in [0.29, 0.717) is 17.5 Å². The minimum Gasteiger partial charge on any atom is -0.456 e. The van der Waals surface area contributed by atoms with Gasteiger partial charge in [0.2, 0.25) is 0 Å². The van der Waals surface area contributed by atoms with E-state index in [2.05, 4.69) is 140 Å². The molecule has 0 aliphatic carbocycles. The van der Waals surface area contributed by atoms with Crippen LogP contribution in [0.2, 0.25) is 0 Å². The van der Waals surface area contributed by atoms with Gasteiger partial charge in [0.05, 0.1) is 0 Å². The Morgan fingerprint density at radius 2 is 0.863 bits per heavy atom. The molecule has 0 N–H and O–H groups in total. The van der Waals surface area contributed by atoms with Crippen LogP contribution in [-0.4, -0.2) is 15.0 Å². The Labute approximate surface area is 294 Å². The maximum atomic E-state index is 6.63. The first-order valence-electron chi connectivity index (χ1n) is 17.1. The lowest BCUT2D eigenvalue weighted by molar-refractivity contribution is 0.669. The van der Waals surface area contributed by atoms with Gasteiger partial charge in [0.15, 0.2) is 17.5 Å². The molecule has 0 bridgehead atoms. The summed E-state index contributed by atoms with van der Waals surface area (Å²) in [5.41, 5.74) is 8.82. The Hall–Kier alpha value is -6.91. The van der Waals surface area contributed by atoms with Crippen molar-refractivity contribution in [3.05, 3.63) is 176 Å². The molecule has 4 nitrogen and oxygen atoms in total. The largest absolute Gasteiger partial charge is 0.456 e. The van der Waals surface area contributed by atoms with E-state index in [0.717, 1.165) is 55.3 Å². The van der Waals surface area contributed by atoms with Crippen molar-refractivity contribution in [2.45, 2.75) is 0 Å². The summed E-state index contributed by atoms with van der Waals surface area (Å²) in [4.78, 5) is 15.2. The van der Waals surface area contributed by atoms with E-state index >= 15 is 0 Å². The summed E-state index contributed by atoms with van der Waals surface area (Å²) in [6.45, 7) is 0. The third-order valence-corrected chi connectivity index (χ3v) is 9.70. The zero-order valence-corrected chi connectivity index (χ0v) is 27.5. The monoisotopic (exact) mass is 651 g/mol. The summed E-state index contributed by atoms with van der Waals surface area (Å²) in [6.07, 6.45) is 0. The molecular weight excluding hydrogens is 623 g/mol. The van der Waals surface area contributed by atoms with Gasteiger partial charge in [-0.3, -0.25) is 0 Å². The average Bonchev–Trinajstić information content (AvgIpc) is 3.60. The van der Waals surface area contributed by atoms with Crippen LogP contribution in [0.3, 0.4) is 0 Å². The van der Waals surface area contributed by atoms with E-state index in [-0.39, 0.29) is 0 Å². The van der Waals surface area contributed by atoms with Gasteiger partial charge in [0.25, 0.3) is 0 Å². The summed E-state index contributed by atoms with van der Waals surface area (Å²) in [5, 5.41) is 6.99. The van der Waals surface area contributed by atoms with Gasteiger partial charge in [-0.2, -0.15) is 0 Å². The lowest BCUT2D eigenvalue weighted by Crippen LogP contribution is -2.00. The van der Waals surface area contributed by atoms with Crippen LogP contribution in [0.25, 0.3) is 99.9 Å². The van der Waals surface area contributed by atoms with Crippen LogP contribution < -0.4 is 0 Å². The van der Waals surface area contributed by atoms with Gasteiger partial charge in [-0.15, -0.1) is 0 Å². The smallest absolute Gasteiger partial charge is 0.164 e. The van der Waals surface area contributed by atoms with Crippen molar-refractivity contribution < 1.29 is 4.42 Å². The molecule has 0 aliphatic heterocycles. The molecule has 10 aromatic rings. The predicted octanol–water partition coefficient (Wildman–Crippen LogP) is 12.4. The molecule has 0 atom stereocenters. The molecule has 0 saturated carbocycles. The molecule has 2 aromatic heterocycles. The fourth-order valence-electron chi connectivity index (χ4n) is 7.17. The highest BCUT2D eigenvalue weighted by atomic mass is 16.3. The maximum absolute atomic E-state index is 6.63. The van der Waals surface area contributed by atoms with Gasteiger partial charge in [-0.25, -0.2) is 15.0 Å². The normalized spacial score (nSPS) is 11.5. The first-order chi connectivity index (χ1) is 25.2. The number of benzene rings is 8. The molecule has 0 radical (unpaired) electrons. The van der Waals surface area contributed by atoms with Crippen LogP contribution in [-0.2, 0) is 0 Å². The first kappa shape index (κ1) is 29.0. The summed E-state index contributed by atoms with van der Waals surface area (Å²) in [5.74, 6) is 1.81. The molecule has 0 saturated heterocycles. The Kier molecular flexibility index (Phi) is 6.78. The fraction of sp³-hybridized carbons (Fsp3) is 0. The van der Waals surface area contributed by atoms with Crippen LogP contribution in [0.15, 0.2) is 180 Å². The Morgan fingerprint density at radius 3 is 1.61 bits per heavy atom. The zero-order chi connectivity index (χ0) is 33.7. The Balaban J connectivity index is 1.16. The molecule has 0 aliphatic rings. The molecule has 8 aromatic carbocycles. The van der Waals surface area contributed by atoms with Gasteiger partial charge in [-0.05, 0) is 68.1 Å². The van der Waals surface area contributed by atoms with Gasteiger partial charge in [-0.1, -0.05) is 152 Å². The fourth-order valence-corrected chi connectivity index (χ4v) is 7.17. The molecule has 51 heavy (non-hydrogen) atoms. The van der Waals surface area contributed by atoms with Crippen molar-refractivity contribution in [3.63, 3.8) is 0 Å². The SMILES string of the molecule is c1ccc(-c2nc(-c3ccc(-c4ccc5ccccc5c4)cc3)nc(-c3cc(-c4ccccc4)c4c(c3)oc3ccc5ccccc5c34)n2)cc1. The second-order valence-electron chi connectivity index (χ2n) is 12.8. The molecule has 0 unspecified atom stereocenters. The van der Waals surface area contributed by atoms with E-state index in [1.807, 2.05) is 36.4 Å². The van der Waals surface area contributed by atoms with E-state index < -0.39 is 0 Å². The van der Waals surface area contributed by atoms with Gasteiger partial charge in [0, 0.05) is 27.5 Å². The minimum absolute atomic E-state index is 0.585. The average molecular weight is 652 g/mol. The predicted molar refractivity (Wildman–Crippen MR) is 209 cm³/mol. The number of nitrogens with zero attached hydrogens (tertiary/aromatic N) is 3. The highest BCUT2D eigenvalue weighted by molar-refractivity contribution is 6.23. The highest BCUT2D eigenvalue weighted by Crippen LogP contribution is 2.42. The van der Waals surface area contributed by atoms with E-state index in [4.69, 9.17) is 19.4 Å². The lowest BCUT2D eigenvalue weighted by atomic mass is 9.95. The van der Waals surface area contributed by atoms with Gasteiger partial charge < -0.3 is 4.42 Å². The number of aromatic nitrogens is 3. The molecule has 2 heterocycles. The molecule has 0 amide bonds. The van der Waals surface area contributed by atoms with E-state index in [1.165, 1.54) is 27.1 Å². The van der Waals surface area contributed by atoms with Crippen LogP contribution in [0.5, 0.6) is 0 Å². The number of furan rings is 1. The second kappa shape index (κ2) is 11.9.